The lowest BCUT2D eigenvalue weighted by Crippen LogP contribution is -2.22. The zero-order valence-corrected chi connectivity index (χ0v) is 12.9. The first kappa shape index (κ1) is 14.7. The van der Waals surface area contributed by atoms with Gasteiger partial charge in [-0.1, -0.05) is 6.92 Å². The lowest BCUT2D eigenvalue weighted by atomic mass is 10.2. The number of sulfonamides is 1. The Labute approximate surface area is 120 Å². The number of aliphatic hydroxyl groups excluding tert-OH is 1. The summed E-state index contributed by atoms with van der Waals surface area (Å²) in [5.74, 6) is 0. The zero-order chi connectivity index (χ0) is 13.9. The van der Waals surface area contributed by atoms with Gasteiger partial charge in [-0.3, -0.25) is 0 Å². The van der Waals surface area contributed by atoms with Gasteiger partial charge in [0.25, 0.3) is 0 Å². The standard InChI is InChI=1S/C12H15NO3S3/c1-2-9-3-4-17-12(9)6-13-19(15,16)11-5-10(7-14)18-8-11/h3-5,8,13-14H,2,6-7H2,1H3. The van der Waals surface area contributed by atoms with Crippen LogP contribution in [0.3, 0.4) is 0 Å². The van der Waals surface area contributed by atoms with Crippen molar-refractivity contribution in [2.24, 2.45) is 0 Å². The molecule has 4 nitrogen and oxygen atoms in total. The molecule has 2 aromatic heterocycles. The summed E-state index contributed by atoms with van der Waals surface area (Å²) in [6.07, 6.45) is 0.897. The van der Waals surface area contributed by atoms with Crippen molar-refractivity contribution in [2.75, 3.05) is 0 Å². The normalized spacial score (nSPS) is 11.9. The number of thiophene rings is 2. The van der Waals surface area contributed by atoms with Gasteiger partial charge < -0.3 is 5.11 Å². The Kier molecular flexibility index (Phi) is 4.75. The molecule has 2 heterocycles. The molecule has 104 valence electrons. The Balaban J connectivity index is 2.09. The molecule has 0 aromatic carbocycles. The van der Waals surface area contributed by atoms with Crippen molar-refractivity contribution in [3.8, 4) is 0 Å². The minimum Gasteiger partial charge on any atom is -0.391 e. The molecule has 19 heavy (non-hydrogen) atoms. The van der Waals surface area contributed by atoms with Crippen LogP contribution in [0.4, 0.5) is 0 Å². The zero-order valence-electron chi connectivity index (χ0n) is 10.4. The second-order valence-electron chi connectivity index (χ2n) is 3.95. The lowest BCUT2D eigenvalue weighted by Gasteiger charge is -2.05. The Morgan fingerprint density at radius 1 is 1.37 bits per heavy atom. The SMILES string of the molecule is CCc1ccsc1CNS(=O)(=O)c1csc(CO)c1. The van der Waals surface area contributed by atoms with Crippen LogP contribution >= 0.6 is 22.7 Å². The highest BCUT2D eigenvalue weighted by atomic mass is 32.2. The maximum absolute atomic E-state index is 12.1. The van der Waals surface area contributed by atoms with Gasteiger partial charge in [-0.2, -0.15) is 0 Å². The Morgan fingerprint density at radius 3 is 2.79 bits per heavy atom. The van der Waals surface area contributed by atoms with Crippen molar-refractivity contribution in [3.63, 3.8) is 0 Å². The van der Waals surface area contributed by atoms with E-state index in [1.54, 1.807) is 16.7 Å². The fourth-order valence-electron chi connectivity index (χ4n) is 1.67. The van der Waals surface area contributed by atoms with E-state index in [0.29, 0.717) is 11.4 Å². The van der Waals surface area contributed by atoms with E-state index in [2.05, 4.69) is 4.72 Å². The predicted octanol–water partition coefficient (Wildman–Crippen LogP) is 2.34. The first-order valence-electron chi connectivity index (χ1n) is 5.80. The first-order chi connectivity index (χ1) is 9.06. The molecule has 0 saturated carbocycles. The second-order valence-corrected chi connectivity index (χ2v) is 7.72. The van der Waals surface area contributed by atoms with Crippen LogP contribution < -0.4 is 4.72 Å². The summed E-state index contributed by atoms with van der Waals surface area (Å²) >= 11 is 2.80. The highest BCUT2D eigenvalue weighted by molar-refractivity contribution is 7.89. The quantitative estimate of drug-likeness (QED) is 0.859. The number of aryl methyl sites for hydroxylation is 1. The Morgan fingerprint density at radius 2 is 2.16 bits per heavy atom. The van der Waals surface area contributed by atoms with Crippen LogP contribution in [-0.4, -0.2) is 13.5 Å². The smallest absolute Gasteiger partial charge is 0.241 e. The fourth-order valence-corrected chi connectivity index (χ4v) is 4.80. The average molecular weight is 317 g/mol. The molecule has 0 amide bonds. The first-order valence-corrected chi connectivity index (χ1v) is 9.04. The molecular weight excluding hydrogens is 302 g/mol. The molecule has 7 heteroatoms. The van der Waals surface area contributed by atoms with Crippen LogP contribution in [0.2, 0.25) is 0 Å². The number of nitrogens with one attached hydrogen (secondary N) is 1. The van der Waals surface area contributed by atoms with Crippen molar-refractivity contribution >= 4 is 32.7 Å². The van der Waals surface area contributed by atoms with Gasteiger partial charge in [-0.15, -0.1) is 22.7 Å². The van der Waals surface area contributed by atoms with Gasteiger partial charge in [0.1, 0.15) is 0 Å². The van der Waals surface area contributed by atoms with Crippen LogP contribution in [0, 0.1) is 0 Å². The molecule has 2 aromatic rings. The third-order valence-corrected chi connectivity index (χ3v) is 6.15. The topological polar surface area (TPSA) is 66.4 Å². The molecule has 0 fully saturated rings. The van der Waals surface area contributed by atoms with Gasteiger partial charge in [0.15, 0.2) is 0 Å². The van der Waals surface area contributed by atoms with E-state index in [1.165, 1.54) is 23.0 Å². The monoisotopic (exact) mass is 317 g/mol. The summed E-state index contributed by atoms with van der Waals surface area (Å²) in [6.45, 7) is 2.23. The molecule has 0 saturated heterocycles. The van der Waals surface area contributed by atoms with E-state index in [4.69, 9.17) is 5.11 Å². The Hall–Kier alpha value is -0.730. The molecule has 0 spiro atoms. The molecule has 0 bridgehead atoms. The maximum atomic E-state index is 12.1. The van der Waals surface area contributed by atoms with Crippen molar-refractivity contribution < 1.29 is 13.5 Å². The molecule has 2 N–H and O–H groups in total. The van der Waals surface area contributed by atoms with E-state index in [-0.39, 0.29) is 11.5 Å². The molecule has 0 radical (unpaired) electrons. The van der Waals surface area contributed by atoms with Gasteiger partial charge in [-0.25, -0.2) is 13.1 Å². The summed E-state index contributed by atoms with van der Waals surface area (Å²) in [5.41, 5.74) is 1.18. The highest BCUT2D eigenvalue weighted by Crippen LogP contribution is 2.21. The molecule has 0 atom stereocenters. The fraction of sp³-hybridized carbons (Fsp3) is 0.333. The lowest BCUT2D eigenvalue weighted by molar-refractivity contribution is 0.285. The number of hydrogen-bond acceptors (Lipinski definition) is 5. The van der Waals surface area contributed by atoms with Crippen LogP contribution in [0.5, 0.6) is 0 Å². The highest BCUT2D eigenvalue weighted by Gasteiger charge is 2.16. The minimum atomic E-state index is -3.49. The van der Waals surface area contributed by atoms with Crippen molar-refractivity contribution in [1.82, 2.24) is 4.72 Å². The van der Waals surface area contributed by atoms with E-state index in [1.807, 2.05) is 18.4 Å². The second kappa shape index (κ2) is 6.15. The summed E-state index contributed by atoms with van der Waals surface area (Å²) < 4.78 is 26.7. The molecule has 0 aliphatic rings. The maximum Gasteiger partial charge on any atom is 0.241 e. The summed E-state index contributed by atoms with van der Waals surface area (Å²) in [7, 11) is -3.49. The molecule has 0 aliphatic heterocycles. The number of rotatable bonds is 6. The largest absolute Gasteiger partial charge is 0.391 e. The van der Waals surface area contributed by atoms with Crippen LogP contribution in [0.15, 0.2) is 27.8 Å². The van der Waals surface area contributed by atoms with Gasteiger partial charge in [0.2, 0.25) is 10.0 Å². The molecule has 0 unspecified atom stereocenters. The van der Waals surface area contributed by atoms with E-state index in [9.17, 15) is 8.42 Å². The van der Waals surface area contributed by atoms with E-state index >= 15 is 0 Å². The van der Waals surface area contributed by atoms with Gasteiger partial charge in [-0.05, 0) is 29.5 Å². The predicted molar refractivity (Wildman–Crippen MR) is 78.0 cm³/mol. The minimum absolute atomic E-state index is 0.134. The summed E-state index contributed by atoms with van der Waals surface area (Å²) in [5, 5.41) is 12.5. The molecule has 2 rings (SSSR count). The third-order valence-electron chi connectivity index (χ3n) is 2.74. The average Bonchev–Trinajstić information content (AvgIpc) is 3.05. The van der Waals surface area contributed by atoms with Gasteiger partial charge in [0, 0.05) is 21.7 Å². The number of hydrogen-bond donors (Lipinski definition) is 2. The van der Waals surface area contributed by atoms with Crippen molar-refractivity contribution in [1.29, 1.82) is 0 Å². The number of aliphatic hydroxyl groups is 1. The summed E-state index contributed by atoms with van der Waals surface area (Å²) in [6, 6.07) is 3.52. The van der Waals surface area contributed by atoms with Crippen molar-refractivity contribution in [3.05, 3.63) is 38.2 Å². The van der Waals surface area contributed by atoms with Crippen LogP contribution in [0.25, 0.3) is 0 Å². The summed E-state index contributed by atoms with van der Waals surface area (Å²) in [4.78, 5) is 1.91. The van der Waals surface area contributed by atoms with E-state index < -0.39 is 10.0 Å². The van der Waals surface area contributed by atoms with Crippen molar-refractivity contribution in [2.45, 2.75) is 31.4 Å². The van der Waals surface area contributed by atoms with Crippen LogP contribution in [-0.2, 0) is 29.6 Å². The van der Waals surface area contributed by atoms with Gasteiger partial charge in [0.05, 0.1) is 11.5 Å². The van der Waals surface area contributed by atoms with Crippen LogP contribution in [0.1, 0.15) is 22.2 Å². The molecular formula is C12H15NO3S3. The molecule has 0 aliphatic carbocycles. The Bertz CT molecular complexity index is 643. The van der Waals surface area contributed by atoms with E-state index in [0.717, 1.165) is 11.3 Å². The third kappa shape index (κ3) is 3.43. The van der Waals surface area contributed by atoms with Gasteiger partial charge >= 0.3 is 0 Å².